The summed E-state index contributed by atoms with van der Waals surface area (Å²) in [5, 5.41) is 5.41. The van der Waals surface area contributed by atoms with Gasteiger partial charge in [0.15, 0.2) is 0 Å². The van der Waals surface area contributed by atoms with E-state index >= 15 is 0 Å². The molecule has 0 aliphatic carbocycles. The minimum atomic E-state index is -0.622. The van der Waals surface area contributed by atoms with E-state index in [1.54, 1.807) is 37.3 Å². The third-order valence-corrected chi connectivity index (χ3v) is 5.61. The molecule has 1 saturated heterocycles. The SMILES string of the molecule is Cc1ccc(NC(=O)c2cccc(N3CC(C(=O)Nc4ccc(C)cc4F)CC3=O)c2)cc1. The van der Waals surface area contributed by atoms with E-state index in [2.05, 4.69) is 10.6 Å². The molecule has 4 rings (SSSR count). The number of nitrogens with zero attached hydrogens (tertiary/aromatic N) is 1. The van der Waals surface area contributed by atoms with E-state index in [1.807, 2.05) is 31.2 Å². The monoisotopic (exact) mass is 445 g/mol. The minimum Gasteiger partial charge on any atom is -0.323 e. The number of anilines is 3. The average molecular weight is 445 g/mol. The second-order valence-corrected chi connectivity index (χ2v) is 8.25. The molecule has 0 saturated carbocycles. The molecule has 3 aromatic carbocycles. The number of carbonyl (C=O) groups is 3. The largest absolute Gasteiger partial charge is 0.323 e. The van der Waals surface area contributed by atoms with Crippen molar-refractivity contribution in [3.63, 3.8) is 0 Å². The number of nitrogens with one attached hydrogen (secondary N) is 2. The van der Waals surface area contributed by atoms with Crippen molar-refractivity contribution in [3.8, 4) is 0 Å². The van der Waals surface area contributed by atoms with E-state index < -0.39 is 17.6 Å². The molecule has 1 aliphatic rings. The fourth-order valence-electron chi connectivity index (χ4n) is 3.74. The van der Waals surface area contributed by atoms with Crippen molar-refractivity contribution < 1.29 is 18.8 Å². The molecule has 6 nitrogen and oxygen atoms in total. The molecule has 1 aliphatic heterocycles. The molecule has 2 N–H and O–H groups in total. The van der Waals surface area contributed by atoms with Gasteiger partial charge in [0.05, 0.1) is 11.6 Å². The zero-order valence-electron chi connectivity index (χ0n) is 18.4. The van der Waals surface area contributed by atoms with Gasteiger partial charge in [-0.2, -0.15) is 0 Å². The standard InChI is InChI=1S/C26H24FN3O3/c1-16-6-9-20(10-7-16)28-25(32)18-4-3-5-21(13-18)30-15-19(14-24(30)31)26(33)29-23-11-8-17(2)12-22(23)27/h3-13,19H,14-15H2,1-2H3,(H,28,32)(H,29,33). The number of hydrogen-bond acceptors (Lipinski definition) is 3. The average Bonchev–Trinajstić information content (AvgIpc) is 3.19. The first-order valence-electron chi connectivity index (χ1n) is 10.7. The molecular formula is C26H24FN3O3. The summed E-state index contributed by atoms with van der Waals surface area (Å²) in [6, 6.07) is 18.7. The zero-order chi connectivity index (χ0) is 23.5. The van der Waals surface area contributed by atoms with Crippen molar-refractivity contribution in [1.29, 1.82) is 0 Å². The Morgan fingerprint density at radius 3 is 2.39 bits per heavy atom. The van der Waals surface area contributed by atoms with Crippen molar-refractivity contribution in [2.24, 2.45) is 5.92 Å². The van der Waals surface area contributed by atoms with Gasteiger partial charge in [-0.1, -0.05) is 29.8 Å². The molecule has 0 bridgehead atoms. The van der Waals surface area contributed by atoms with Crippen LogP contribution in [0.15, 0.2) is 66.7 Å². The number of benzene rings is 3. The molecule has 1 atom stereocenters. The number of rotatable bonds is 5. The van der Waals surface area contributed by atoms with Gasteiger partial charge in [0, 0.05) is 29.9 Å². The quantitative estimate of drug-likeness (QED) is 0.598. The van der Waals surface area contributed by atoms with Gasteiger partial charge < -0.3 is 15.5 Å². The second kappa shape index (κ2) is 9.24. The summed E-state index contributed by atoms with van der Waals surface area (Å²) < 4.78 is 14.1. The summed E-state index contributed by atoms with van der Waals surface area (Å²) in [5.74, 6) is -2.07. The molecule has 0 aromatic heterocycles. The van der Waals surface area contributed by atoms with Crippen LogP contribution >= 0.6 is 0 Å². The first kappa shape index (κ1) is 22.2. The van der Waals surface area contributed by atoms with Gasteiger partial charge in [-0.05, 0) is 61.9 Å². The molecular weight excluding hydrogens is 421 g/mol. The highest BCUT2D eigenvalue weighted by atomic mass is 19.1. The summed E-state index contributed by atoms with van der Waals surface area (Å²) in [7, 11) is 0. The van der Waals surface area contributed by atoms with Gasteiger partial charge in [-0.15, -0.1) is 0 Å². The van der Waals surface area contributed by atoms with E-state index in [9.17, 15) is 18.8 Å². The lowest BCUT2D eigenvalue weighted by Gasteiger charge is -2.18. The molecule has 3 aromatic rings. The highest BCUT2D eigenvalue weighted by molar-refractivity contribution is 6.07. The molecule has 0 radical (unpaired) electrons. The molecule has 1 unspecified atom stereocenters. The fraction of sp³-hybridized carbons (Fsp3) is 0.192. The van der Waals surface area contributed by atoms with Gasteiger partial charge in [0.1, 0.15) is 5.82 Å². The lowest BCUT2D eigenvalue weighted by molar-refractivity contribution is -0.122. The lowest BCUT2D eigenvalue weighted by atomic mass is 10.1. The third-order valence-electron chi connectivity index (χ3n) is 5.61. The number of carbonyl (C=O) groups excluding carboxylic acids is 3. The Bertz CT molecular complexity index is 1220. The summed E-state index contributed by atoms with van der Waals surface area (Å²) in [6.45, 7) is 3.88. The Balaban J connectivity index is 1.44. The van der Waals surface area contributed by atoms with Gasteiger partial charge in [-0.25, -0.2) is 4.39 Å². The number of halogens is 1. The number of amides is 3. The minimum absolute atomic E-state index is 0.0130. The van der Waals surface area contributed by atoms with E-state index in [0.29, 0.717) is 16.9 Å². The molecule has 33 heavy (non-hydrogen) atoms. The normalized spacial score (nSPS) is 15.4. The Labute approximate surface area is 191 Å². The Morgan fingerprint density at radius 1 is 0.939 bits per heavy atom. The Kier molecular flexibility index (Phi) is 6.22. The number of hydrogen-bond donors (Lipinski definition) is 2. The van der Waals surface area contributed by atoms with Crippen LogP contribution in [0, 0.1) is 25.6 Å². The Hall–Kier alpha value is -4.00. The third kappa shape index (κ3) is 5.09. The second-order valence-electron chi connectivity index (χ2n) is 8.25. The molecule has 0 spiro atoms. The van der Waals surface area contributed by atoms with Crippen LogP contribution in [-0.2, 0) is 9.59 Å². The first-order chi connectivity index (χ1) is 15.8. The van der Waals surface area contributed by atoms with Crippen molar-refractivity contribution in [1.82, 2.24) is 0 Å². The van der Waals surface area contributed by atoms with E-state index in [0.717, 1.165) is 11.1 Å². The van der Waals surface area contributed by atoms with E-state index in [-0.39, 0.29) is 30.5 Å². The van der Waals surface area contributed by atoms with Crippen molar-refractivity contribution in [3.05, 3.63) is 89.2 Å². The summed E-state index contributed by atoms with van der Waals surface area (Å²) in [4.78, 5) is 39.4. The van der Waals surface area contributed by atoms with Gasteiger partial charge in [-0.3, -0.25) is 14.4 Å². The van der Waals surface area contributed by atoms with Crippen LogP contribution in [0.2, 0.25) is 0 Å². The van der Waals surface area contributed by atoms with Crippen LogP contribution < -0.4 is 15.5 Å². The maximum absolute atomic E-state index is 14.1. The van der Waals surface area contributed by atoms with Crippen LogP contribution in [0.4, 0.5) is 21.5 Å². The van der Waals surface area contributed by atoms with Crippen molar-refractivity contribution in [2.75, 3.05) is 22.1 Å². The predicted molar refractivity (Wildman–Crippen MR) is 126 cm³/mol. The van der Waals surface area contributed by atoms with Crippen molar-refractivity contribution >= 4 is 34.8 Å². The summed E-state index contributed by atoms with van der Waals surface area (Å²) >= 11 is 0. The molecule has 1 fully saturated rings. The van der Waals surface area contributed by atoms with Crippen LogP contribution in [0.5, 0.6) is 0 Å². The Morgan fingerprint density at radius 2 is 1.67 bits per heavy atom. The van der Waals surface area contributed by atoms with E-state index in [4.69, 9.17) is 0 Å². The predicted octanol–water partition coefficient (Wildman–Crippen LogP) is 4.69. The van der Waals surface area contributed by atoms with Crippen LogP contribution in [0.25, 0.3) is 0 Å². The zero-order valence-corrected chi connectivity index (χ0v) is 18.4. The van der Waals surface area contributed by atoms with Gasteiger partial charge in [0.25, 0.3) is 5.91 Å². The number of aryl methyl sites for hydroxylation is 2. The van der Waals surface area contributed by atoms with Gasteiger partial charge >= 0.3 is 0 Å². The molecule has 168 valence electrons. The van der Waals surface area contributed by atoms with E-state index in [1.165, 1.54) is 17.0 Å². The van der Waals surface area contributed by atoms with Crippen LogP contribution in [0.3, 0.4) is 0 Å². The highest BCUT2D eigenvalue weighted by Crippen LogP contribution is 2.27. The maximum Gasteiger partial charge on any atom is 0.255 e. The summed E-state index contributed by atoms with van der Waals surface area (Å²) in [6.07, 6.45) is 0.0130. The molecule has 7 heteroatoms. The van der Waals surface area contributed by atoms with Crippen LogP contribution in [-0.4, -0.2) is 24.3 Å². The first-order valence-corrected chi connectivity index (χ1v) is 10.7. The topological polar surface area (TPSA) is 78.5 Å². The van der Waals surface area contributed by atoms with Crippen LogP contribution in [0.1, 0.15) is 27.9 Å². The summed E-state index contributed by atoms with van der Waals surface area (Å²) in [5.41, 5.74) is 3.54. The molecule has 1 heterocycles. The highest BCUT2D eigenvalue weighted by Gasteiger charge is 2.35. The van der Waals surface area contributed by atoms with Gasteiger partial charge in [0.2, 0.25) is 11.8 Å². The smallest absolute Gasteiger partial charge is 0.255 e. The lowest BCUT2D eigenvalue weighted by Crippen LogP contribution is -2.28. The maximum atomic E-state index is 14.1. The fourth-order valence-corrected chi connectivity index (χ4v) is 3.74. The molecule has 3 amide bonds. The van der Waals surface area contributed by atoms with Crippen molar-refractivity contribution in [2.45, 2.75) is 20.3 Å².